The zero-order valence-corrected chi connectivity index (χ0v) is 10.7. The van der Waals surface area contributed by atoms with Gasteiger partial charge < -0.3 is 4.42 Å². The molecule has 1 rings (SSSR count). The molecule has 0 aliphatic heterocycles. The van der Waals surface area contributed by atoms with E-state index in [-0.39, 0.29) is 5.91 Å². The minimum absolute atomic E-state index is 0.239. The van der Waals surface area contributed by atoms with E-state index in [9.17, 15) is 4.79 Å². The summed E-state index contributed by atoms with van der Waals surface area (Å²) in [5.74, 6) is 1.25. The lowest BCUT2D eigenvalue weighted by molar-refractivity contribution is -0.120. The van der Waals surface area contributed by atoms with Gasteiger partial charge in [-0.3, -0.25) is 10.2 Å². The van der Waals surface area contributed by atoms with E-state index in [0.29, 0.717) is 30.6 Å². The van der Waals surface area contributed by atoms with Crippen molar-refractivity contribution in [2.24, 2.45) is 0 Å². The van der Waals surface area contributed by atoms with E-state index in [1.165, 1.54) is 6.08 Å². The van der Waals surface area contributed by atoms with Crippen LogP contribution in [-0.2, 0) is 4.79 Å². The Bertz CT molecular complexity index is 346. The fraction of sp³-hybridized carbons (Fsp3) is 0.364. The Morgan fingerprint density at radius 3 is 2.65 bits per heavy atom. The van der Waals surface area contributed by atoms with Crippen LogP contribution >= 0.6 is 23.2 Å². The molecule has 17 heavy (non-hydrogen) atoms. The maximum absolute atomic E-state index is 11.5. The third-order valence-corrected chi connectivity index (χ3v) is 2.26. The zero-order valence-electron chi connectivity index (χ0n) is 9.23. The minimum Gasteiger partial charge on any atom is -0.465 e. The molecule has 0 atom stereocenters. The van der Waals surface area contributed by atoms with E-state index < -0.39 is 0 Å². The number of nitrogens with one attached hydrogen (secondary N) is 1. The molecule has 4 nitrogen and oxygen atoms in total. The summed E-state index contributed by atoms with van der Waals surface area (Å²) < 4.78 is 5.06. The van der Waals surface area contributed by atoms with Crippen LogP contribution in [0.25, 0.3) is 6.08 Å². The number of carbonyl (C=O) groups is 1. The first-order chi connectivity index (χ1) is 8.26. The normalized spacial score (nSPS) is 11.2. The Hall–Kier alpha value is -0.970. The third-order valence-electron chi connectivity index (χ3n) is 1.92. The fourth-order valence-electron chi connectivity index (χ4n) is 1.16. The molecular formula is C11H14Cl2N2O2. The van der Waals surface area contributed by atoms with Crippen molar-refractivity contribution >= 4 is 35.2 Å². The zero-order chi connectivity index (χ0) is 12.5. The van der Waals surface area contributed by atoms with Crippen LogP contribution < -0.4 is 5.43 Å². The van der Waals surface area contributed by atoms with Gasteiger partial charge in [0.25, 0.3) is 5.91 Å². The number of hydrazine groups is 1. The average molecular weight is 277 g/mol. The van der Waals surface area contributed by atoms with Gasteiger partial charge >= 0.3 is 0 Å². The molecule has 94 valence electrons. The summed E-state index contributed by atoms with van der Waals surface area (Å²) in [5, 5.41) is 1.68. The number of halogens is 2. The quantitative estimate of drug-likeness (QED) is 0.471. The molecule has 0 aromatic carbocycles. The van der Waals surface area contributed by atoms with Gasteiger partial charge in [-0.15, -0.1) is 23.2 Å². The van der Waals surface area contributed by atoms with Gasteiger partial charge in [0.1, 0.15) is 5.76 Å². The Kier molecular flexibility index (Phi) is 6.77. The topological polar surface area (TPSA) is 45.5 Å². The molecule has 0 radical (unpaired) electrons. The molecule has 0 aliphatic rings. The summed E-state index contributed by atoms with van der Waals surface area (Å²) in [6, 6.07) is 3.52. The number of hydrogen-bond donors (Lipinski definition) is 1. The molecule has 1 N–H and O–H groups in total. The van der Waals surface area contributed by atoms with Crippen molar-refractivity contribution in [3.63, 3.8) is 0 Å². The van der Waals surface area contributed by atoms with Crippen LogP contribution in [0, 0.1) is 0 Å². The molecule has 0 fully saturated rings. The highest BCUT2D eigenvalue weighted by Crippen LogP contribution is 2.01. The average Bonchev–Trinajstić information content (AvgIpc) is 2.80. The lowest BCUT2D eigenvalue weighted by atomic mass is 10.4. The van der Waals surface area contributed by atoms with Gasteiger partial charge in [0.15, 0.2) is 0 Å². The van der Waals surface area contributed by atoms with E-state index in [4.69, 9.17) is 27.6 Å². The van der Waals surface area contributed by atoms with Crippen LogP contribution in [0.2, 0.25) is 0 Å². The highest BCUT2D eigenvalue weighted by Gasteiger charge is 2.05. The van der Waals surface area contributed by atoms with Gasteiger partial charge in [0, 0.05) is 30.9 Å². The highest BCUT2D eigenvalue weighted by molar-refractivity contribution is 6.18. The van der Waals surface area contributed by atoms with Crippen molar-refractivity contribution in [2.75, 3.05) is 24.8 Å². The first-order valence-electron chi connectivity index (χ1n) is 5.15. The Morgan fingerprint density at radius 1 is 1.41 bits per heavy atom. The predicted molar refractivity (Wildman–Crippen MR) is 68.9 cm³/mol. The molecule has 6 heteroatoms. The number of nitrogens with zero attached hydrogens (tertiary/aromatic N) is 1. The second kappa shape index (κ2) is 8.17. The Balaban J connectivity index is 2.41. The SMILES string of the molecule is O=C(/C=C/c1ccco1)NN(CCCl)CCCl. The number of hydrogen-bond acceptors (Lipinski definition) is 3. The van der Waals surface area contributed by atoms with Gasteiger partial charge in [-0.25, -0.2) is 5.01 Å². The molecule has 1 aromatic rings. The van der Waals surface area contributed by atoms with Gasteiger partial charge in [-0.05, 0) is 18.2 Å². The van der Waals surface area contributed by atoms with Crippen LogP contribution in [0.1, 0.15) is 5.76 Å². The summed E-state index contributed by atoms with van der Waals surface area (Å²) in [7, 11) is 0. The molecule has 0 spiro atoms. The molecule has 0 aliphatic carbocycles. The van der Waals surface area contributed by atoms with E-state index in [2.05, 4.69) is 5.43 Å². The summed E-state index contributed by atoms with van der Waals surface area (Å²) in [4.78, 5) is 11.5. The fourth-order valence-corrected chi connectivity index (χ4v) is 1.57. The number of alkyl halides is 2. The Morgan fingerprint density at radius 2 is 2.12 bits per heavy atom. The maximum atomic E-state index is 11.5. The molecular weight excluding hydrogens is 263 g/mol. The number of amides is 1. The van der Waals surface area contributed by atoms with Crippen LogP contribution in [-0.4, -0.2) is 35.8 Å². The van der Waals surface area contributed by atoms with Crippen molar-refractivity contribution in [3.05, 3.63) is 30.2 Å². The first-order valence-corrected chi connectivity index (χ1v) is 6.22. The van der Waals surface area contributed by atoms with Crippen LogP contribution in [0.5, 0.6) is 0 Å². The van der Waals surface area contributed by atoms with Crippen molar-refractivity contribution in [2.45, 2.75) is 0 Å². The van der Waals surface area contributed by atoms with E-state index >= 15 is 0 Å². The summed E-state index contributed by atoms with van der Waals surface area (Å²) in [6.45, 7) is 1.10. The van der Waals surface area contributed by atoms with Crippen molar-refractivity contribution in [1.29, 1.82) is 0 Å². The molecule has 1 heterocycles. The van der Waals surface area contributed by atoms with Gasteiger partial charge in [-0.1, -0.05) is 0 Å². The minimum atomic E-state index is -0.239. The largest absolute Gasteiger partial charge is 0.465 e. The predicted octanol–water partition coefficient (Wildman–Crippen LogP) is 2.10. The second-order valence-electron chi connectivity index (χ2n) is 3.19. The van der Waals surface area contributed by atoms with Crippen molar-refractivity contribution in [3.8, 4) is 0 Å². The Labute approximate surface area is 110 Å². The van der Waals surface area contributed by atoms with Crippen LogP contribution in [0.15, 0.2) is 28.9 Å². The highest BCUT2D eigenvalue weighted by atomic mass is 35.5. The van der Waals surface area contributed by atoms with Crippen LogP contribution in [0.3, 0.4) is 0 Å². The second-order valence-corrected chi connectivity index (χ2v) is 3.95. The van der Waals surface area contributed by atoms with E-state index in [1.807, 2.05) is 0 Å². The number of rotatable bonds is 7. The summed E-state index contributed by atoms with van der Waals surface area (Å²) >= 11 is 11.2. The molecule has 1 aromatic heterocycles. The van der Waals surface area contributed by atoms with E-state index in [1.54, 1.807) is 29.5 Å². The summed E-state index contributed by atoms with van der Waals surface area (Å²) in [5.41, 5.74) is 2.68. The van der Waals surface area contributed by atoms with Crippen molar-refractivity contribution in [1.82, 2.24) is 10.4 Å². The first kappa shape index (κ1) is 14.1. The van der Waals surface area contributed by atoms with Gasteiger partial charge in [0.05, 0.1) is 6.26 Å². The number of carbonyl (C=O) groups excluding carboxylic acids is 1. The third kappa shape index (κ3) is 5.77. The number of furan rings is 1. The molecule has 0 unspecified atom stereocenters. The molecule has 1 amide bonds. The molecule has 0 bridgehead atoms. The summed E-state index contributed by atoms with van der Waals surface area (Å²) in [6.07, 6.45) is 4.54. The standard InChI is InChI=1S/C11H14Cl2N2O2/c12-5-7-15(8-6-13)14-11(16)4-3-10-2-1-9-17-10/h1-4,9H,5-8H2,(H,14,16)/b4-3+. The smallest absolute Gasteiger partial charge is 0.258 e. The van der Waals surface area contributed by atoms with Crippen LogP contribution in [0.4, 0.5) is 0 Å². The lowest BCUT2D eigenvalue weighted by Gasteiger charge is -2.19. The monoisotopic (exact) mass is 276 g/mol. The van der Waals surface area contributed by atoms with Gasteiger partial charge in [0.2, 0.25) is 0 Å². The maximum Gasteiger partial charge on any atom is 0.258 e. The lowest BCUT2D eigenvalue weighted by Crippen LogP contribution is -2.43. The van der Waals surface area contributed by atoms with E-state index in [0.717, 1.165) is 0 Å². The van der Waals surface area contributed by atoms with Crippen molar-refractivity contribution < 1.29 is 9.21 Å². The molecule has 0 saturated heterocycles. The molecule has 0 saturated carbocycles. The van der Waals surface area contributed by atoms with Gasteiger partial charge in [-0.2, -0.15) is 0 Å².